The van der Waals surface area contributed by atoms with Crippen LogP contribution in [0, 0.1) is 0 Å². The molecule has 1 heterocycles. The van der Waals surface area contributed by atoms with Gasteiger partial charge in [-0.3, -0.25) is 4.79 Å². The molecule has 1 aliphatic carbocycles. The Morgan fingerprint density at radius 1 is 1.50 bits per heavy atom. The van der Waals surface area contributed by atoms with Crippen LogP contribution in [-0.2, 0) is 11.2 Å². The summed E-state index contributed by atoms with van der Waals surface area (Å²) in [6.45, 7) is 0. The van der Waals surface area contributed by atoms with Crippen molar-refractivity contribution in [2.24, 2.45) is 0 Å². The first kappa shape index (κ1) is 9.66. The lowest BCUT2D eigenvalue weighted by Crippen LogP contribution is -2.01. The molecule has 0 bridgehead atoms. The van der Waals surface area contributed by atoms with Gasteiger partial charge in [0.05, 0.1) is 0 Å². The molecule has 1 aromatic rings. The summed E-state index contributed by atoms with van der Waals surface area (Å²) in [4.78, 5) is 13.0. The number of carbonyl (C=O) groups is 1. The van der Waals surface area contributed by atoms with Gasteiger partial charge in [-0.05, 0) is 42.7 Å². The highest BCUT2D eigenvalue weighted by atomic mass is 32.1. The fraction of sp³-hybridized carbons (Fsp3) is 0.417. The van der Waals surface area contributed by atoms with Gasteiger partial charge in [0.15, 0.2) is 5.78 Å². The number of carbonyl (C=O) groups excluding carboxylic acids is 1. The smallest absolute Gasteiger partial charge is 0.158 e. The van der Waals surface area contributed by atoms with Gasteiger partial charge in [-0.25, -0.2) is 0 Å². The number of rotatable bonds is 4. The molecule has 74 valence electrons. The van der Waals surface area contributed by atoms with Crippen LogP contribution >= 0.6 is 11.3 Å². The molecule has 2 heteroatoms. The molecule has 0 saturated carbocycles. The monoisotopic (exact) mass is 206 g/mol. The van der Waals surface area contributed by atoms with E-state index in [2.05, 4.69) is 17.5 Å². The summed E-state index contributed by atoms with van der Waals surface area (Å²) in [5.41, 5.74) is 1.07. The molecule has 0 aromatic carbocycles. The first-order valence-corrected chi connectivity index (χ1v) is 5.99. The van der Waals surface area contributed by atoms with Gasteiger partial charge in [0.2, 0.25) is 0 Å². The molecule has 0 aliphatic heterocycles. The van der Waals surface area contributed by atoms with Crippen molar-refractivity contribution in [2.45, 2.75) is 32.1 Å². The van der Waals surface area contributed by atoms with Crippen LogP contribution < -0.4 is 0 Å². The fourth-order valence-electron chi connectivity index (χ4n) is 1.78. The van der Waals surface area contributed by atoms with Gasteiger partial charge in [0, 0.05) is 11.3 Å². The third kappa shape index (κ3) is 2.32. The number of thiophene rings is 1. The minimum atomic E-state index is 0.357. The molecule has 0 radical (unpaired) electrons. The molecule has 1 aliphatic rings. The predicted octanol–water partition coefficient (Wildman–Crippen LogP) is 3.36. The molecule has 1 nitrogen and oxygen atoms in total. The summed E-state index contributed by atoms with van der Waals surface area (Å²) < 4.78 is 0. The van der Waals surface area contributed by atoms with Gasteiger partial charge < -0.3 is 0 Å². The van der Waals surface area contributed by atoms with Crippen molar-refractivity contribution in [3.63, 3.8) is 0 Å². The number of ketones is 1. The van der Waals surface area contributed by atoms with Crippen LogP contribution in [0.2, 0.25) is 0 Å². The minimum Gasteiger partial charge on any atom is -0.295 e. The quantitative estimate of drug-likeness (QED) is 0.738. The van der Waals surface area contributed by atoms with Crippen molar-refractivity contribution >= 4 is 17.1 Å². The second kappa shape index (κ2) is 4.56. The molecule has 0 N–H and O–H groups in total. The number of Topliss-reactive ketones (excluding diaryl/α,β-unsaturated/α-hetero) is 1. The van der Waals surface area contributed by atoms with E-state index in [9.17, 15) is 4.79 Å². The van der Waals surface area contributed by atoms with E-state index in [1.165, 1.54) is 11.3 Å². The SMILES string of the molecule is O=C(CCc1cccs1)C1=CCCC1. The summed E-state index contributed by atoms with van der Waals surface area (Å²) in [5, 5.41) is 2.06. The van der Waals surface area contributed by atoms with E-state index in [-0.39, 0.29) is 0 Å². The summed E-state index contributed by atoms with van der Waals surface area (Å²) >= 11 is 1.74. The van der Waals surface area contributed by atoms with Crippen molar-refractivity contribution < 1.29 is 4.79 Å². The van der Waals surface area contributed by atoms with Crippen LogP contribution in [-0.4, -0.2) is 5.78 Å². The van der Waals surface area contributed by atoms with Crippen molar-refractivity contribution in [2.75, 3.05) is 0 Å². The van der Waals surface area contributed by atoms with Gasteiger partial charge in [-0.2, -0.15) is 0 Å². The van der Waals surface area contributed by atoms with E-state index in [0.717, 1.165) is 24.8 Å². The molecular weight excluding hydrogens is 192 g/mol. The van der Waals surface area contributed by atoms with Gasteiger partial charge in [0.25, 0.3) is 0 Å². The van der Waals surface area contributed by atoms with Crippen molar-refractivity contribution in [3.05, 3.63) is 34.0 Å². The molecule has 1 aromatic heterocycles. The highest BCUT2D eigenvalue weighted by Crippen LogP contribution is 2.20. The maximum Gasteiger partial charge on any atom is 0.158 e. The number of hydrogen-bond donors (Lipinski definition) is 0. The van der Waals surface area contributed by atoms with E-state index in [1.807, 2.05) is 6.07 Å². The average Bonchev–Trinajstić information content (AvgIpc) is 2.87. The van der Waals surface area contributed by atoms with Crippen molar-refractivity contribution in [1.82, 2.24) is 0 Å². The zero-order valence-electron chi connectivity index (χ0n) is 8.16. The van der Waals surface area contributed by atoms with E-state index in [1.54, 1.807) is 11.3 Å². The molecule has 0 fully saturated rings. The van der Waals surface area contributed by atoms with Gasteiger partial charge in [-0.1, -0.05) is 12.1 Å². The van der Waals surface area contributed by atoms with E-state index >= 15 is 0 Å². The Labute approximate surface area is 88.5 Å². The Kier molecular flexibility index (Phi) is 3.14. The third-order valence-corrected chi connectivity index (χ3v) is 3.51. The zero-order valence-corrected chi connectivity index (χ0v) is 8.98. The lowest BCUT2D eigenvalue weighted by molar-refractivity contribution is -0.115. The van der Waals surface area contributed by atoms with Crippen LogP contribution in [0.1, 0.15) is 30.6 Å². The Balaban J connectivity index is 1.83. The van der Waals surface area contributed by atoms with Crippen LogP contribution in [0.25, 0.3) is 0 Å². The Hall–Kier alpha value is -0.890. The molecule has 0 unspecified atom stereocenters. The molecule has 0 atom stereocenters. The summed E-state index contributed by atoms with van der Waals surface area (Å²) in [6.07, 6.45) is 6.97. The van der Waals surface area contributed by atoms with Crippen LogP contribution in [0.4, 0.5) is 0 Å². The molecule has 2 rings (SSSR count). The van der Waals surface area contributed by atoms with Gasteiger partial charge in [0.1, 0.15) is 0 Å². The van der Waals surface area contributed by atoms with Crippen LogP contribution in [0.3, 0.4) is 0 Å². The minimum absolute atomic E-state index is 0.357. The second-order valence-electron chi connectivity index (χ2n) is 3.62. The predicted molar refractivity (Wildman–Crippen MR) is 59.6 cm³/mol. The Morgan fingerprint density at radius 2 is 2.43 bits per heavy atom. The fourth-order valence-corrected chi connectivity index (χ4v) is 2.49. The maximum atomic E-state index is 11.7. The highest BCUT2D eigenvalue weighted by molar-refractivity contribution is 7.09. The summed E-state index contributed by atoms with van der Waals surface area (Å²) in [7, 11) is 0. The van der Waals surface area contributed by atoms with Crippen LogP contribution in [0.5, 0.6) is 0 Å². The molecule has 0 saturated heterocycles. The highest BCUT2D eigenvalue weighted by Gasteiger charge is 2.12. The summed E-state index contributed by atoms with van der Waals surface area (Å²) in [5.74, 6) is 0.357. The Bertz CT molecular complexity index is 335. The molecule has 0 amide bonds. The summed E-state index contributed by atoms with van der Waals surface area (Å²) in [6, 6.07) is 4.14. The third-order valence-electron chi connectivity index (χ3n) is 2.58. The molecule has 14 heavy (non-hydrogen) atoms. The molecular formula is C12H14OS. The largest absolute Gasteiger partial charge is 0.295 e. The average molecular weight is 206 g/mol. The Morgan fingerprint density at radius 3 is 3.07 bits per heavy atom. The zero-order chi connectivity index (χ0) is 9.80. The van der Waals surface area contributed by atoms with Crippen LogP contribution in [0.15, 0.2) is 29.2 Å². The molecule has 0 spiro atoms. The first-order valence-electron chi connectivity index (χ1n) is 5.11. The van der Waals surface area contributed by atoms with Gasteiger partial charge >= 0.3 is 0 Å². The van der Waals surface area contributed by atoms with Gasteiger partial charge in [-0.15, -0.1) is 11.3 Å². The van der Waals surface area contributed by atoms with E-state index in [4.69, 9.17) is 0 Å². The number of aryl methyl sites for hydroxylation is 1. The normalized spacial score (nSPS) is 15.6. The lowest BCUT2D eigenvalue weighted by Gasteiger charge is -1.99. The van der Waals surface area contributed by atoms with E-state index < -0.39 is 0 Å². The first-order chi connectivity index (χ1) is 6.86. The second-order valence-corrected chi connectivity index (χ2v) is 4.66. The van der Waals surface area contributed by atoms with E-state index in [0.29, 0.717) is 12.2 Å². The number of allylic oxidation sites excluding steroid dienone is 2. The maximum absolute atomic E-state index is 11.7. The van der Waals surface area contributed by atoms with Crippen molar-refractivity contribution in [1.29, 1.82) is 0 Å². The standard InChI is InChI=1S/C12H14OS/c13-12(10-4-1-2-5-10)8-7-11-6-3-9-14-11/h3-4,6,9H,1-2,5,7-8H2. The van der Waals surface area contributed by atoms with Crippen molar-refractivity contribution in [3.8, 4) is 0 Å². The number of hydrogen-bond acceptors (Lipinski definition) is 2. The topological polar surface area (TPSA) is 17.1 Å². The lowest BCUT2D eigenvalue weighted by atomic mass is 10.1.